The predicted molar refractivity (Wildman–Crippen MR) is 132 cm³/mol. The zero-order valence-corrected chi connectivity index (χ0v) is 19.8. The molecule has 1 saturated heterocycles. The number of fused-ring (bicyclic) bond motifs is 1. The molecule has 2 aromatic carbocycles. The fraction of sp³-hybridized carbons (Fsp3) is 0.360. The zero-order valence-electron chi connectivity index (χ0n) is 19.8. The summed E-state index contributed by atoms with van der Waals surface area (Å²) in [5, 5.41) is 13.3. The lowest BCUT2D eigenvalue weighted by atomic mass is 10.0. The number of carboxylic acids is 1. The van der Waals surface area contributed by atoms with Gasteiger partial charge in [-0.25, -0.2) is 9.78 Å². The molecule has 178 valence electrons. The molecule has 1 aromatic heterocycles. The highest BCUT2D eigenvalue weighted by atomic mass is 16.4. The molecule has 34 heavy (non-hydrogen) atoms. The average Bonchev–Trinajstić information content (AvgIpc) is 2.81. The second kappa shape index (κ2) is 9.17. The minimum atomic E-state index is -1.01. The number of nitrogens with zero attached hydrogens (tertiary/aromatic N) is 4. The van der Waals surface area contributed by atoms with Crippen LogP contribution in [0.1, 0.15) is 41.4 Å². The van der Waals surface area contributed by atoms with Crippen molar-refractivity contribution < 1.29 is 14.7 Å². The van der Waals surface area contributed by atoms with Crippen molar-refractivity contribution >= 4 is 34.4 Å². The van der Waals surface area contributed by atoms with Gasteiger partial charge in [0, 0.05) is 51.4 Å². The first-order valence-electron chi connectivity index (χ1n) is 11.3. The molecular formula is C25H29N5O4. The van der Waals surface area contributed by atoms with Gasteiger partial charge >= 0.3 is 5.97 Å². The van der Waals surface area contributed by atoms with E-state index in [1.807, 2.05) is 30.9 Å². The number of aromatic carboxylic acids is 1. The molecule has 0 radical (unpaired) electrons. The second-order valence-electron chi connectivity index (χ2n) is 8.74. The minimum absolute atomic E-state index is 0.0410. The molecule has 0 spiro atoms. The van der Waals surface area contributed by atoms with Gasteiger partial charge in [0.2, 0.25) is 11.9 Å². The fourth-order valence-electron chi connectivity index (χ4n) is 4.48. The molecule has 1 aliphatic rings. The Kier molecular flexibility index (Phi) is 6.28. The Bertz CT molecular complexity index is 1320. The fourth-order valence-corrected chi connectivity index (χ4v) is 4.48. The monoisotopic (exact) mass is 463 g/mol. The number of piperazine rings is 1. The molecule has 0 aliphatic carbocycles. The molecule has 2 N–H and O–H groups in total. The summed E-state index contributed by atoms with van der Waals surface area (Å²) in [4.78, 5) is 45.4. The summed E-state index contributed by atoms with van der Waals surface area (Å²) in [6.07, 6.45) is 0. The maximum Gasteiger partial charge on any atom is 0.337 e. The van der Waals surface area contributed by atoms with Crippen LogP contribution in [-0.2, 0) is 11.8 Å². The number of hydrogen-bond donors (Lipinski definition) is 2. The first-order valence-corrected chi connectivity index (χ1v) is 11.3. The van der Waals surface area contributed by atoms with E-state index in [0.29, 0.717) is 48.7 Å². The van der Waals surface area contributed by atoms with E-state index in [-0.39, 0.29) is 23.1 Å². The Morgan fingerprint density at radius 2 is 1.79 bits per heavy atom. The first-order chi connectivity index (χ1) is 16.2. The Morgan fingerprint density at radius 1 is 1.12 bits per heavy atom. The number of carboxylic acid groups (broad SMARTS) is 1. The summed E-state index contributed by atoms with van der Waals surface area (Å²) in [6, 6.07) is 10.3. The number of anilines is 2. The van der Waals surface area contributed by atoms with Crippen molar-refractivity contribution in [1.29, 1.82) is 0 Å². The molecule has 1 aliphatic heterocycles. The lowest BCUT2D eigenvalue weighted by molar-refractivity contribution is -0.129. The molecule has 0 saturated carbocycles. The highest BCUT2D eigenvalue weighted by Gasteiger charge is 2.24. The van der Waals surface area contributed by atoms with E-state index in [2.05, 4.69) is 5.32 Å². The SMILES string of the molecule is CC(=O)N1CCN(c2nc3c(C(C)Nc4ccccc4C(=O)O)cc(C)cc3c(=O)n2C)CC1. The van der Waals surface area contributed by atoms with Gasteiger partial charge in [0.1, 0.15) is 0 Å². The lowest BCUT2D eigenvalue weighted by Gasteiger charge is -2.35. The molecule has 3 aromatic rings. The van der Waals surface area contributed by atoms with Crippen molar-refractivity contribution in [2.75, 3.05) is 36.4 Å². The van der Waals surface area contributed by atoms with E-state index in [1.165, 1.54) is 0 Å². The van der Waals surface area contributed by atoms with E-state index in [4.69, 9.17) is 4.98 Å². The average molecular weight is 464 g/mol. The number of carbonyl (C=O) groups excluding carboxylic acids is 1. The van der Waals surface area contributed by atoms with E-state index >= 15 is 0 Å². The smallest absolute Gasteiger partial charge is 0.337 e. The van der Waals surface area contributed by atoms with Gasteiger partial charge in [-0.15, -0.1) is 0 Å². The lowest BCUT2D eigenvalue weighted by Crippen LogP contribution is -2.49. The van der Waals surface area contributed by atoms with Gasteiger partial charge in [0.15, 0.2) is 0 Å². The number of aryl methyl sites for hydroxylation is 1. The van der Waals surface area contributed by atoms with Crippen LogP contribution in [0.2, 0.25) is 0 Å². The Labute approximate surface area is 197 Å². The maximum absolute atomic E-state index is 13.3. The van der Waals surface area contributed by atoms with Crippen LogP contribution in [0.4, 0.5) is 11.6 Å². The van der Waals surface area contributed by atoms with Crippen molar-refractivity contribution in [3.8, 4) is 0 Å². The molecular weight excluding hydrogens is 434 g/mol. The highest BCUT2D eigenvalue weighted by Crippen LogP contribution is 2.29. The number of nitrogens with one attached hydrogen (secondary N) is 1. The third kappa shape index (κ3) is 4.33. The standard InChI is InChI=1S/C25H29N5O4/c1-15-13-19(16(2)26-21-8-6-5-7-18(21)24(33)34)22-20(14-15)23(32)28(4)25(27-22)30-11-9-29(10-12-30)17(3)31/h5-8,13-14,16,26H,9-12H2,1-4H3,(H,33,34). The van der Waals surface area contributed by atoms with Crippen LogP contribution >= 0.6 is 0 Å². The summed E-state index contributed by atoms with van der Waals surface area (Å²) < 4.78 is 1.56. The van der Waals surface area contributed by atoms with E-state index < -0.39 is 5.97 Å². The minimum Gasteiger partial charge on any atom is -0.478 e. The molecule has 1 fully saturated rings. The largest absolute Gasteiger partial charge is 0.478 e. The van der Waals surface area contributed by atoms with Gasteiger partial charge in [-0.05, 0) is 37.6 Å². The van der Waals surface area contributed by atoms with E-state index in [0.717, 1.165) is 11.1 Å². The number of benzene rings is 2. The van der Waals surface area contributed by atoms with Crippen molar-refractivity contribution in [3.05, 3.63) is 63.4 Å². The number of para-hydroxylation sites is 1. The second-order valence-corrected chi connectivity index (χ2v) is 8.74. The third-order valence-corrected chi connectivity index (χ3v) is 6.33. The normalized spacial score (nSPS) is 14.8. The third-order valence-electron chi connectivity index (χ3n) is 6.33. The van der Waals surface area contributed by atoms with Gasteiger partial charge in [0.05, 0.1) is 22.5 Å². The van der Waals surface area contributed by atoms with Crippen LogP contribution in [0.3, 0.4) is 0 Å². The van der Waals surface area contributed by atoms with Gasteiger partial charge in [-0.1, -0.05) is 18.2 Å². The Balaban J connectivity index is 1.77. The number of aromatic nitrogens is 2. The summed E-state index contributed by atoms with van der Waals surface area (Å²) >= 11 is 0. The number of rotatable bonds is 5. The van der Waals surface area contributed by atoms with Crippen LogP contribution in [0.5, 0.6) is 0 Å². The van der Waals surface area contributed by atoms with Gasteiger partial charge < -0.3 is 20.2 Å². The Hall–Kier alpha value is -3.88. The first kappa shape index (κ1) is 23.3. The molecule has 1 atom stereocenters. The van der Waals surface area contributed by atoms with Crippen LogP contribution in [-0.4, -0.2) is 57.6 Å². The van der Waals surface area contributed by atoms with Crippen molar-refractivity contribution in [3.63, 3.8) is 0 Å². The van der Waals surface area contributed by atoms with Crippen LogP contribution < -0.4 is 15.8 Å². The van der Waals surface area contributed by atoms with Gasteiger partial charge in [-0.2, -0.15) is 0 Å². The quantitative estimate of drug-likeness (QED) is 0.599. The number of hydrogen-bond acceptors (Lipinski definition) is 6. The number of carbonyl (C=O) groups is 2. The molecule has 1 unspecified atom stereocenters. The van der Waals surface area contributed by atoms with Crippen molar-refractivity contribution in [2.24, 2.45) is 7.05 Å². The molecule has 0 bridgehead atoms. The molecule has 2 heterocycles. The van der Waals surface area contributed by atoms with Crippen molar-refractivity contribution in [2.45, 2.75) is 26.8 Å². The van der Waals surface area contributed by atoms with Crippen LogP contribution in [0.15, 0.2) is 41.2 Å². The summed E-state index contributed by atoms with van der Waals surface area (Å²) in [5.41, 5.74) is 2.87. The predicted octanol–water partition coefficient (Wildman–Crippen LogP) is 2.78. The number of amides is 1. The van der Waals surface area contributed by atoms with Crippen LogP contribution in [0.25, 0.3) is 10.9 Å². The molecule has 9 nitrogen and oxygen atoms in total. The topological polar surface area (TPSA) is 108 Å². The van der Waals surface area contributed by atoms with Crippen molar-refractivity contribution in [1.82, 2.24) is 14.5 Å². The summed E-state index contributed by atoms with van der Waals surface area (Å²) in [7, 11) is 1.72. The van der Waals surface area contributed by atoms with E-state index in [9.17, 15) is 19.5 Å². The summed E-state index contributed by atoms with van der Waals surface area (Å²) in [6.45, 7) is 7.75. The highest BCUT2D eigenvalue weighted by molar-refractivity contribution is 5.94. The zero-order chi connectivity index (χ0) is 24.6. The molecule has 1 amide bonds. The van der Waals surface area contributed by atoms with Gasteiger partial charge in [-0.3, -0.25) is 14.2 Å². The summed E-state index contributed by atoms with van der Waals surface area (Å²) in [5.74, 6) is -0.411. The molecule has 9 heteroatoms. The van der Waals surface area contributed by atoms with Crippen LogP contribution in [0, 0.1) is 6.92 Å². The maximum atomic E-state index is 13.3. The Morgan fingerprint density at radius 3 is 2.44 bits per heavy atom. The molecule has 4 rings (SSSR count). The van der Waals surface area contributed by atoms with E-state index in [1.54, 1.807) is 47.7 Å². The van der Waals surface area contributed by atoms with Gasteiger partial charge in [0.25, 0.3) is 5.56 Å².